The van der Waals surface area contributed by atoms with E-state index in [1.807, 2.05) is 13.8 Å². The minimum Gasteiger partial charge on any atom is -0.242 e. The summed E-state index contributed by atoms with van der Waals surface area (Å²) in [4.78, 5) is 43.6. The van der Waals surface area contributed by atoms with Crippen LogP contribution in [-0.2, 0) is 19.5 Å². The average Bonchev–Trinajstić information content (AvgIpc) is 1.76. The molecule has 0 bridgehead atoms. The van der Waals surface area contributed by atoms with Crippen LogP contribution in [0.15, 0.2) is 24.3 Å². The third-order valence-corrected chi connectivity index (χ3v) is 0. The van der Waals surface area contributed by atoms with Gasteiger partial charge in [-0.3, -0.25) is 0 Å². The van der Waals surface area contributed by atoms with Crippen LogP contribution in [-0.4, -0.2) is 29.4 Å². The second-order valence-corrected chi connectivity index (χ2v) is 3.71. The Morgan fingerprint density at radius 2 is 0.765 bits per heavy atom. The van der Waals surface area contributed by atoms with E-state index in [4.69, 9.17) is 29.4 Å². The molecular weight excluding hydrogens is 355 g/mol. The molecule has 6 N–H and O–H groups in total. The summed E-state index contributed by atoms with van der Waals surface area (Å²) >= 11 is 0. The number of hydrogen-bond acceptors (Lipinski definition) is 6. The van der Waals surface area contributed by atoms with E-state index in [1.165, 1.54) is 0 Å². The van der Waals surface area contributed by atoms with Gasteiger partial charge >= 0.3 is 36.7 Å². The molecule has 0 aliphatic carbocycles. The fourth-order valence-corrected chi connectivity index (χ4v) is 0. The van der Waals surface area contributed by atoms with E-state index in [9.17, 15) is 0 Å². The van der Waals surface area contributed by atoms with Gasteiger partial charge in [-0.15, -0.1) is 0 Å². The summed E-state index contributed by atoms with van der Waals surface area (Å²) in [6.45, 7) is 17.5. The quantitative estimate of drug-likeness (QED) is 0.209. The van der Waals surface area contributed by atoms with Gasteiger partial charge in [-0.25, -0.2) is 38.2 Å². The zero-order chi connectivity index (χ0) is 14.3. The van der Waals surface area contributed by atoms with E-state index in [-0.39, 0.29) is 19.5 Å². The molecule has 0 aliphatic heterocycles. The summed E-state index contributed by atoms with van der Waals surface area (Å²) < 4.78 is 0. The molecular formula is C8H22O6P2Ru+2. The molecule has 0 aromatic rings. The number of hydrogen-bond donors (Lipinski definition) is 6. The molecule has 0 atom stereocenters. The minimum absolute atomic E-state index is 0. The molecule has 0 saturated heterocycles. The van der Waals surface area contributed by atoms with E-state index < -0.39 is 17.2 Å². The first-order chi connectivity index (χ1) is 6.93. The maximum Gasteiger partial charge on any atom is 2.00 e. The van der Waals surface area contributed by atoms with Crippen LogP contribution in [0.2, 0.25) is 0 Å². The summed E-state index contributed by atoms with van der Waals surface area (Å²) in [6.07, 6.45) is 0. The molecule has 0 aromatic heterocycles. The van der Waals surface area contributed by atoms with Gasteiger partial charge in [0.25, 0.3) is 0 Å². The Hall–Kier alpha value is 0.463. The van der Waals surface area contributed by atoms with Gasteiger partial charge in [0.05, 0.1) is 0 Å². The van der Waals surface area contributed by atoms with Crippen LogP contribution in [0, 0.1) is 13.8 Å². The zero-order valence-corrected chi connectivity index (χ0v) is 13.6. The first-order valence-electron chi connectivity index (χ1n) is 3.76. The van der Waals surface area contributed by atoms with Gasteiger partial charge in [-0.2, -0.15) is 29.4 Å². The van der Waals surface area contributed by atoms with Crippen molar-refractivity contribution in [3.8, 4) is 0 Å². The summed E-state index contributed by atoms with van der Waals surface area (Å²) in [5.41, 5.74) is 1.83. The van der Waals surface area contributed by atoms with Crippen LogP contribution in [0.4, 0.5) is 0 Å². The average molecular weight is 377 g/mol. The third-order valence-electron chi connectivity index (χ3n) is 0. The molecule has 0 radical (unpaired) electrons. The van der Waals surface area contributed by atoms with Crippen molar-refractivity contribution < 1.29 is 48.8 Å². The van der Waals surface area contributed by atoms with Crippen molar-refractivity contribution in [2.45, 2.75) is 13.8 Å². The molecule has 0 aromatic carbocycles. The molecule has 6 nitrogen and oxygen atoms in total. The van der Waals surface area contributed by atoms with Crippen LogP contribution in [0.1, 0.15) is 13.8 Å². The van der Waals surface area contributed by atoms with Crippen molar-refractivity contribution in [2.75, 3.05) is 0 Å². The maximum atomic E-state index is 7.27. The van der Waals surface area contributed by atoms with Crippen molar-refractivity contribution in [1.29, 1.82) is 0 Å². The number of allylic oxidation sites excluding steroid dienone is 2. The number of rotatable bonds is 0. The maximum absolute atomic E-state index is 7.27. The smallest absolute Gasteiger partial charge is 0.242 e. The Kier molecular flexibility index (Phi) is 45.4. The molecule has 0 rings (SSSR count). The first-order valence-corrected chi connectivity index (χ1v) is 6.44. The Morgan fingerprint density at radius 3 is 0.765 bits per heavy atom. The Morgan fingerprint density at radius 1 is 0.765 bits per heavy atom. The molecule has 17 heavy (non-hydrogen) atoms. The zero-order valence-electron chi connectivity index (χ0n) is 9.87. The Balaban J connectivity index is -0.0000000369. The van der Waals surface area contributed by atoms with Crippen LogP contribution in [0.5, 0.6) is 0 Å². The minimum atomic E-state index is -2.88. The fourth-order valence-electron chi connectivity index (χ4n) is 0. The Labute approximate surface area is 118 Å². The van der Waals surface area contributed by atoms with Crippen LogP contribution < -0.4 is 0 Å². The summed E-state index contributed by atoms with van der Waals surface area (Å²) in [6, 6.07) is 0. The monoisotopic (exact) mass is 378 g/mol. The van der Waals surface area contributed by atoms with E-state index in [1.54, 1.807) is 0 Å². The van der Waals surface area contributed by atoms with Crippen molar-refractivity contribution in [3.63, 3.8) is 0 Å². The van der Waals surface area contributed by atoms with Gasteiger partial charge in [0.1, 0.15) is 0 Å². The predicted molar refractivity (Wildman–Crippen MR) is 70.3 cm³/mol. The molecule has 0 spiro atoms. The molecule has 0 fully saturated rings. The van der Waals surface area contributed by atoms with Gasteiger partial charge < -0.3 is 0 Å². The van der Waals surface area contributed by atoms with E-state index in [2.05, 4.69) is 27.0 Å². The van der Waals surface area contributed by atoms with E-state index in [0.29, 0.717) is 0 Å². The first kappa shape index (κ1) is 30.5. The van der Waals surface area contributed by atoms with E-state index in [0.717, 1.165) is 11.1 Å². The molecule has 106 valence electrons. The Bertz CT molecular complexity index is 135. The second-order valence-electron chi connectivity index (χ2n) is 2.51. The van der Waals surface area contributed by atoms with Gasteiger partial charge in [0.15, 0.2) is 0 Å². The van der Waals surface area contributed by atoms with Gasteiger partial charge in [0.2, 0.25) is 0 Å². The molecule has 0 amide bonds. The van der Waals surface area contributed by atoms with Crippen LogP contribution in [0.25, 0.3) is 0 Å². The topological polar surface area (TPSA) is 121 Å². The van der Waals surface area contributed by atoms with Crippen LogP contribution in [0.3, 0.4) is 0 Å². The summed E-state index contributed by atoms with van der Waals surface area (Å²) in [7, 11) is -5.76. The molecule has 0 saturated carbocycles. The second kappa shape index (κ2) is 25.3. The largest absolute Gasteiger partial charge is 2.00 e. The van der Waals surface area contributed by atoms with Gasteiger partial charge in [-0.1, -0.05) is 13.8 Å². The molecule has 0 heterocycles. The summed E-state index contributed by atoms with van der Waals surface area (Å²) in [5.74, 6) is 0. The van der Waals surface area contributed by atoms with Crippen molar-refractivity contribution in [2.24, 2.45) is 0 Å². The van der Waals surface area contributed by atoms with E-state index >= 15 is 0 Å². The van der Waals surface area contributed by atoms with Gasteiger partial charge in [-0.05, 0) is 0 Å². The molecule has 9 heteroatoms. The van der Waals surface area contributed by atoms with Crippen molar-refractivity contribution in [3.05, 3.63) is 38.2 Å². The predicted octanol–water partition coefficient (Wildman–Crippen LogP) is 0.636. The molecule has 0 unspecified atom stereocenters. The summed E-state index contributed by atoms with van der Waals surface area (Å²) in [5, 5.41) is 0. The SMILES string of the molecule is C=C([CH2-])C.C=C([CH2-])C.O[PH+](O)O.O[PH+](O)O.[Ru+2]. The molecule has 0 aliphatic rings. The van der Waals surface area contributed by atoms with Crippen molar-refractivity contribution in [1.82, 2.24) is 0 Å². The third kappa shape index (κ3) is 16000. The standard InChI is InChI=1S/2C4H7.2H4O3P.Ru/c4*1-4(2)3;/h2*1-2H2,3H3;2*1-4H;/q2*-1;2*+1;+2. The normalized spacial score (nSPS) is 7.18. The fraction of sp³-hybridized carbons (Fsp3) is 0.250. The van der Waals surface area contributed by atoms with Crippen molar-refractivity contribution >= 4 is 17.2 Å². The van der Waals surface area contributed by atoms with Crippen LogP contribution >= 0.6 is 17.2 Å². The van der Waals surface area contributed by atoms with Gasteiger partial charge in [0, 0.05) is 0 Å².